The molecule has 64 valence electrons. The molecule has 0 saturated heterocycles. The summed E-state index contributed by atoms with van der Waals surface area (Å²) in [5.41, 5.74) is 0. The van der Waals surface area contributed by atoms with Crippen molar-refractivity contribution < 1.29 is 5.11 Å². The van der Waals surface area contributed by atoms with Crippen molar-refractivity contribution in [1.29, 1.82) is 5.26 Å². The molecule has 0 aliphatic carbocycles. The first-order valence-electron chi connectivity index (χ1n) is 3.95. The molecule has 0 heterocycles. The lowest BCUT2D eigenvalue weighted by Gasteiger charge is -2.19. The van der Waals surface area contributed by atoms with E-state index in [-0.39, 0.29) is 12.1 Å². The summed E-state index contributed by atoms with van der Waals surface area (Å²) in [4.78, 5) is 0. The van der Waals surface area contributed by atoms with Crippen molar-refractivity contribution in [2.45, 2.75) is 45.4 Å². The van der Waals surface area contributed by atoms with Crippen molar-refractivity contribution in [2.75, 3.05) is 0 Å². The molecule has 0 radical (unpaired) electrons. The smallest absolute Gasteiger partial charge is 0.0953 e. The summed E-state index contributed by atoms with van der Waals surface area (Å²) in [5, 5.41) is 20.7. The minimum Gasteiger partial charge on any atom is -0.392 e. The van der Waals surface area contributed by atoms with Gasteiger partial charge >= 0.3 is 0 Å². The zero-order valence-corrected chi connectivity index (χ0v) is 7.33. The highest BCUT2D eigenvalue weighted by Crippen LogP contribution is 1.95. The summed E-state index contributed by atoms with van der Waals surface area (Å²) in [6.07, 6.45) is 0.366. The summed E-state index contributed by atoms with van der Waals surface area (Å²) in [7, 11) is 0. The highest BCUT2D eigenvalue weighted by atomic mass is 16.3. The van der Waals surface area contributed by atoms with E-state index in [0.29, 0.717) is 0 Å². The summed E-state index contributed by atoms with van der Waals surface area (Å²) < 4.78 is 0. The van der Waals surface area contributed by atoms with Crippen LogP contribution in [-0.4, -0.2) is 23.3 Å². The number of nitrogens with zero attached hydrogens (tertiary/aromatic N) is 1. The molecule has 0 aliphatic rings. The van der Waals surface area contributed by atoms with Crippen LogP contribution >= 0.6 is 0 Å². The molecule has 2 N–H and O–H groups in total. The summed E-state index contributed by atoms with van der Waals surface area (Å²) >= 11 is 0. The number of aliphatic hydroxyl groups is 1. The van der Waals surface area contributed by atoms with E-state index < -0.39 is 6.10 Å². The van der Waals surface area contributed by atoms with E-state index in [2.05, 4.69) is 11.4 Å². The molecule has 3 heteroatoms. The molecule has 0 aromatic heterocycles. The fraction of sp³-hybridized carbons (Fsp3) is 0.875. The van der Waals surface area contributed by atoms with Gasteiger partial charge in [-0.2, -0.15) is 5.26 Å². The van der Waals surface area contributed by atoms with Crippen molar-refractivity contribution >= 4 is 0 Å². The van der Waals surface area contributed by atoms with Crippen molar-refractivity contribution in [3.63, 3.8) is 0 Å². The Morgan fingerprint density at radius 2 is 2.09 bits per heavy atom. The van der Waals surface area contributed by atoms with Gasteiger partial charge in [-0.1, -0.05) is 6.92 Å². The molecule has 0 spiro atoms. The Kier molecular flexibility index (Phi) is 4.84. The lowest BCUT2D eigenvalue weighted by atomic mass is 10.1. The fourth-order valence-electron chi connectivity index (χ4n) is 0.703. The van der Waals surface area contributed by atoms with Gasteiger partial charge in [-0.3, -0.25) is 5.32 Å². The quantitative estimate of drug-likeness (QED) is 0.628. The van der Waals surface area contributed by atoms with Gasteiger partial charge in [0.05, 0.1) is 18.2 Å². The minimum absolute atomic E-state index is 0.0143. The van der Waals surface area contributed by atoms with Gasteiger partial charge in [0.1, 0.15) is 0 Å². The normalized spacial score (nSPS) is 18.5. The van der Waals surface area contributed by atoms with Crippen LogP contribution in [0.3, 0.4) is 0 Å². The fourth-order valence-corrected chi connectivity index (χ4v) is 0.703. The van der Waals surface area contributed by atoms with E-state index in [1.807, 2.05) is 13.8 Å². The lowest BCUT2D eigenvalue weighted by Crippen LogP contribution is -2.41. The van der Waals surface area contributed by atoms with Crippen LogP contribution in [0, 0.1) is 11.3 Å². The Balaban J connectivity index is 3.74. The van der Waals surface area contributed by atoms with Gasteiger partial charge in [-0.15, -0.1) is 0 Å². The van der Waals surface area contributed by atoms with Crippen LogP contribution in [0.5, 0.6) is 0 Å². The Morgan fingerprint density at radius 1 is 1.55 bits per heavy atom. The molecule has 0 saturated carbocycles. The number of hydrogen-bond acceptors (Lipinski definition) is 3. The van der Waals surface area contributed by atoms with E-state index in [0.717, 1.165) is 6.42 Å². The topological polar surface area (TPSA) is 56.0 Å². The molecule has 0 bridgehead atoms. The number of nitrogens with one attached hydrogen (secondary N) is 1. The summed E-state index contributed by atoms with van der Waals surface area (Å²) in [6, 6.07) is 1.96. The number of rotatable bonds is 4. The van der Waals surface area contributed by atoms with Gasteiger partial charge < -0.3 is 5.11 Å². The maximum Gasteiger partial charge on any atom is 0.0953 e. The van der Waals surface area contributed by atoms with Crippen LogP contribution in [0.15, 0.2) is 0 Å². The summed E-state index contributed by atoms with van der Waals surface area (Å²) in [6.45, 7) is 5.52. The molecule has 3 unspecified atom stereocenters. The van der Waals surface area contributed by atoms with Crippen LogP contribution in [-0.2, 0) is 0 Å². The zero-order valence-electron chi connectivity index (χ0n) is 7.33. The first-order valence-corrected chi connectivity index (χ1v) is 3.95. The summed E-state index contributed by atoms with van der Waals surface area (Å²) in [5.74, 6) is 0. The first kappa shape index (κ1) is 10.4. The van der Waals surface area contributed by atoms with E-state index in [1.54, 1.807) is 6.92 Å². The Hall–Kier alpha value is -0.590. The number of hydrogen-bond donors (Lipinski definition) is 2. The standard InChI is InChI=1S/C8H16N2O/c1-4-8(5-9)10-6(2)7(3)11/h6-8,10-11H,4H2,1-3H3. The van der Waals surface area contributed by atoms with Gasteiger partial charge in [0.25, 0.3) is 0 Å². The maximum absolute atomic E-state index is 9.09. The van der Waals surface area contributed by atoms with Gasteiger partial charge in [0.15, 0.2) is 0 Å². The molecular formula is C8H16N2O. The minimum atomic E-state index is -0.405. The highest BCUT2D eigenvalue weighted by Gasteiger charge is 2.12. The zero-order chi connectivity index (χ0) is 8.85. The predicted octanol–water partition coefficient (Wildman–Crippen LogP) is 0.647. The lowest BCUT2D eigenvalue weighted by molar-refractivity contribution is 0.149. The van der Waals surface area contributed by atoms with E-state index in [4.69, 9.17) is 10.4 Å². The second-order valence-corrected chi connectivity index (χ2v) is 2.79. The van der Waals surface area contributed by atoms with Crippen LogP contribution in [0.2, 0.25) is 0 Å². The third-order valence-corrected chi connectivity index (χ3v) is 1.75. The highest BCUT2D eigenvalue weighted by molar-refractivity contribution is 4.90. The molecule has 0 aromatic rings. The average molecular weight is 156 g/mol. The SMILES string of the molecule is CCC(C#N)NC(C)C(C)O. The van der Waals surface area contributed by atoms with Crippen LogP contribution in [0.4, 0.5) is 0 Å². The van der Waals surface area contributed by atoms with Gasteiger partial charge in [0, 0.05) is 6.04 Å². The van der Waals surface area contributed by atoms with E-state index in [9.17, 15) is 0 Å². The first-order chi connectivity index (χ1) is 5.11. The molecule has 11 heavy (non-hydrogen) atoms. The third kappa shape index (κ3) is 3.97. The van der Waals surface area contributed by atoms with Crippen LogP contribution in [0.25, 0.3) is 0 Å². The van der Waals surface area contributed by atoms with Crippen molar-refractivity contribution in [3.8, 4) is 6.07 Å². The molecule has 3 nitrogen and oxygen atoms in total. The molecule has 3 atom stereocenters. The molecule has 0 rings (SSSR count). The van der Waals surface area contributed by atoms with Crippen molar-refractivity contribution in [3.05, 3.63) is 0 Å². The molecule has 0 aromatic carbocycles. The van der Waals surface area contributed by atoms with E-state index >= 15 is 0 Å². The van der Waals surface area contributed by atoms with Crippen molar-refractivity contribution in [1.82, 2.24) is 5.32 Å². The molecule has 0 fully saturated rings. The third-order valence-electron chi connectivity index (χ3n) is 1.75. The number of nitriles is 1. The maximum atomic E-state index is 9.09. The molecule has 0 amide bonds. The van der Waals surface area contributed by atoms with Gasteiger partial charge in [-0.05, 0) is 20.3 Å². The van der Waals surface area contributed by atoms with Crippen LogP contribution < -0.4 is 5.32 Å². The Bertz CT molecular complexity index is 140. The average Bonchev–Trinajstić information content (AvgIpc) is 1.99. The molecular weight excluding hydrogens is 140 g/mol. The second-order valence-electron chi connectivity index (χ2n) is 2.79. The van der Waals surface area contributed by atoms with Crippen molar-refractivity contribution in [2.24, 2.45) is 0 Å². The van der Waals surface area contributed by atoms with Gasteiger partial charge in [0.2, 0.25) is 0 Å². The molecule has 0 aliphatic heterocycles. The largest absolute Gasteiger partial charge is 0.392 e. The van der Waals surface area contributed by atoms with E-state index in [1.165, 1.54) is 0 Å². The van der Waals surface area contributed by atoms with Crippen LogP contribution in [0.1, 0.15) is 27.2 Å². The second kappa shape index (κ2) is 5.11. The van der Waals surface area contributed by atoms with Gasteiger partial charge in [-0.25, -0.2) is 0 Å². The Morgan fingerprint density at radius 3 is 2.36 bits per heavy atom. The monoisotopic (exact) mass is 156 g/mol. The predicted molar refractivity (Wildman–Crippen MR) is 44.0 cm³/mol. The number of aliphatic hydroxyl groups excluding tert-OH is 1. The Labute approximate surface area is 68.0 Å².